The van der Waals surface area contributed by atoms with Crippen LogP contribution in [0, 0.1) is 0 Å². The van der Waals surface area contributed by atoms with E-state index in [-0.39, 0.29) is 0 Å². The van der Waals surface area contributed by atoms with Gasteiger partial charge in [-0.2, -0.15) is 4.37 Å². The van der Waals surface area contributed by atoms with Gasteiger partial charge in [0, 0.05) is 44.6 Å². The fourth-order valence-corrected chi connectivity index (χ4v) is 2.16. The molecule has 0 aliphatic rings. The van der Waals surface area contributed by atoms with E-state index in [0.29, 0.717) is 18.0 Å². The summed E-state index contributed by atoms with van der Waals surface area (Å²) in [4.78, 5) is 7.09. The molecule has 5 nitrogen and oxygen atoms in total. The third kappa shape index (κ3) is 4.93. The molecule has 0 fully saturated rings. The zero-order valence-electron chi connectivity index (χ0n) is 10.2. The van der Waals surface area contributed by atoms with E-state index in [1.807, 2.05) is 6.92 Å². The Kier molecular flexibility index (Phi) is 6.31. The van der Waals surface area contributed by atoms with Crippen molar-refractivity contribution in [3.05, 3.63) is 5.82 Å². The lowest BCUT2D eigenvalue weighted by molar-refractivity contribution is 0.205. The van der Waals surface area contributed by atoms with Gasteiger partial charge in [0.15, 0.2) is 0 Å². The number of rotatable bonds is 8. The van der Waals surface area contributed by atoms with E-state index >= 15 is 0 Å². The molecule has 0 spiro atoms. The third-order valence-electron chi connectivity index (χ3n) is 2.24. The van der Waals surface area contributed by atoms with Crippen LogP contribution in [0.1, 0.15) is 19.2 Å². The normalized spacial score (nSPS) is 10.5. The molecule has 1 rings (SSSR count). The van der Waals surface area contributed by atoms with Crippen molar-refractivity contribution in [3.63, 3.8) is 0 Å². The van der Waals surface area contributed by atoms with E-state index in [2.05, 4.69) is 14.3 Å². The second-order valence-corrected chi connectivity index (χ2v) is 4.80. The fourth-order valence-electron chi connectivity index (χ4n) is 1.27. The molecule has 0 amide bonds. The molecule has 96 valence electrons. The predicted octanol–water partition coefficient (Wildman–Crippen LogP) is 1.23. The van der Waals surface area contributed by atoms with Crippen molar-refractivity contribution in [3.8, 4) is 0 Å². The first-order valence-electron chi connectivity index (χ1n) is 5.52. The van der Waals surface area contributed by atoms with E-state index in [9.17, 15) is 0 Å². The molecule has 0 saturated carbocycles. The number of hydrogen-bond acceptors (Lipinski definition) is 6. The lowest BCUT2D eigenvalue weighted by Crippen LogP contribution is -2.30. The van der Waals surface area contributed by atoms with Crippen LogP contribution in [0.4, 0.5) is 5.13 Å². The SMILES string of the molecule is CCc1nsc(N(CCOC)CCC(N)=S)n1. The maximum atomic E-state index is 5.52. The van der Waals surface area contributed by atoms with Crippen LogP contribution in [0.5, 0.6) is 0 Å². The van der Waals surface area contributed by atoms with Crippen LogP contribution >= 0.6 is 23.8 Å². The molecule has 1 heterocycles. The van der Waals surface area contributed by atoms with Crippen LogP contribution in [-0.4, -0.2) is 41.2 Å². The molecule has 0 aromatic carbocycles. The summed E-state index contributed by atoms with van der Waals surface area (Å²) in [7, 11) is 1.68. The minimum absolute atomic E-state index is 0.521. The summed E-state index contributed by atoms with van der Waals surface area (Å²) in [5, 5.41) is 0.912. The molecule has 17 heavy (non-hydrogen) atoms. The first-order valence-corrected chi connectivity index (χ1v) is 6.70. The summed E-state index contributed by atoms with van der Waals surface area (Å²) >= 11 is 6.30. The number of methoxy groups -OCH3 is 1. The van der Waals surface area contributed by atoms with E-state index in [1.54, 1.807) is 7.11 Å². The molecule has 1 aromatic rings. The molecule has 0 saturated heterocycles. The molecule has 0 bridgehead atoms. The number of thiocarbonyl (C=S) groups is 1. The van der Waals surface area contributed by atoms with Gasteiger partial charge in [0.1, 0.15) is 5.82 Å². The second kappa shape index (κ2) is 7.52. The molecular formula is C10H18N4OS2. The Morgan fingerprint density at radius 2 is 2.29 bits per heavy atom. The van der Waals surface area contributed by atoms with Crippen LogP contribution in [-0.2, 0) is 11.2 Å². The molecule has 0 aliphatic heterocycles. The zero-order valence-corrected chi connectivity index (χ0v) is 11.8. The van der Waals surface area contributed by atoms with Crippen LogP contribution in [0.25, 0.3) is 0 Å². The Hall–Kier alpha value is -0.790. The number of anilines is 1. The Labute approximate surface area is 111 Å². The summed E-state index contributed by atoms with van der Waals surface area (Å²) in [6.45, 7) is 4.23. The van der Waals surface area contributed by atoms with Gasteiger partial charge >= 0.3 is 0 Å². The Bertz CT molecular complexity index is 356. The number of nitrogens with two attached hydrogens (primary N) is 1. The first kappa shape index (κ1) is 14.3. The zero-order chi connectivity index (χ0) is 12.7. The predicted molar refractivity (Wildman–Crippen MR) is 74.8 cm³/mol. The quantitative estimate of drug-likeness (QED) is 0.719. The summed E-state index contributed by atoms with van der Waals surface area (Å²) in [6.07, 6.45) is 1.53. The molecule has 2 N–H and O–H groups in total. The van der Waals surface area contributed by atoms with Crippen LogP contribution < -0.4 is 10.6 Å². The molecule has 1 aromatic heterocycles. The van der Waals surface area contributed by atoms with E-state index in [0.717, 1.165) is 30.5 Å². The highest BCUT2D eigenvalue weighted by atomic mass is 32.1. The lowest BCUT2D eigenvalue weighted by atomic mass is 10.4. The van der Waals surface area contributed by atoms with E-state index in [4.69, 9.17) is 22.7 Å². The van der Waals surface area contributed by atoms with Crippen LogP contribution in [0.15, 0.2) is 0 Å². The van der Waals surface area contributed by atoms with Crippen molar-refractivity contribution in [1.82, 2.24) is 9.36 Å². The van der Waals surface area contributed by atoms with Gasteiger partial charge in [-0.15, -0.1) is 0 Å². The highest BCUT2D eigenvalue weighted by Gasteiger charge is 2.11. The summed E-state index contributed by atoms with van der Waals surface area (Å²) in [6, 6.07) is 0. The summed E-state index contributed by atoms with van der Waals surface area (Å²) in [5.74, 6) is 0.878. The van der Waals surface area contributed by atoms with Gasteiger partial charge in [0.25, 0.3) is 0 Å². The van der Waals surface area contributed by atoms with E-state index < -0.39 is 0 Å². The average molecular weight is 274 g/mol. The number of nitrogens with zero attached hydrogens (tertiary/aromatic N) is 3. The topological polar surface area (TPSA) is 64.3 Å². The van der Waals surface area contributed by atoms with E-state index in [1.165, 1.54) is 11.5 Å². The maximum absolute atomic E-state index is 5.52. The summed E-state index contributed by atoms with van der Waals surface area (Å²) in [5.41, 5.74) is 5.52. The number of hydrogen-bond donors (Lipinski definition) is 1. The maximum Gasteiger partial charge on any atom is 0.205 e. The van der Waals surface area contributed by atoms with Gasteiger partial charge in [-0.3, -0.25) is 0 Å². The minimum atomic E-state index is 0.521. The lowest BCUT2D eigenvalue weighted by Gasteiger charge is -2.20. The monoisotopic (exact) mass is 274 g/mol. The number of ether oxygens (including phenoxy) is 1. The largest absolute Gasteiger partial charge is 0.393 e. The Morgan fingerprint density at radius 3 is 2.82 bits per heavy atom. The number of aromatic nitrogens is 2. The highest BCUT2D eigenvalue weighted by Crippen LogP contribution is 2.17. The Morgan fingerprint density at radius 1 is 1.53 bits per heavy atom. The van der Waals surface area contributed by atoms with Crippen molar-refractivity contribution in [2.75, 3.05) is 31.7 Å². The van der Waals surface area contributed by atoms with Gasteiger partial charge in [-0.05, 0) is 0 Å². The molecular weight excluding hydrogens is 256 g/mol. The summed E-state index contributed by atoms with van der Waals surface area (Å²) < 4.78 is 9.36. The molecule has 0 unspecified atom stereocenters. The minimum Gasteiger partial charge on any atom is -0.393 e. The van der Waals surface area contributed by atoms with Gasteiger partial charge in [-0.1, -0.05) is 19.1 Å². The molecule has 7 heteroatoms. The van der Waals surface area contributed by atoms with Gasteiger partial charge in [0.05, 0.1) is 11.6 Å². The molecule has 0 atom stereocenters. The van der Waals surface area contributed by atoms with Crippen molar-refractivity contribution in [2.24, 2.45) is 5.73 Å². The third-order valence-corrected chi connectivity index (χ3v) is 3.26. The smallest absolute Gasteiger partial charge is 0.205 e. The molecule has 0 radical (unpaired) electrons. The van der Waals surface area contributed by atoms with Crippen molar-refractivity contribution < 1.29 is 4.74 Å². The van der Waals surface area contributed by atoms with Gasteiger partial charge in [0.2, 0.25) is 5.13 Å². The Balaban J connectivity index is 2.63. The van der Waals surface area contributed by atoms with Crippen LogP contribution in [0.2, 0.25) is 0 Å². The van der Waals surface area contributed by atoms with Gasteiger partial charge in [-0.25, -0.2) is 4.98 Å². The van der Waals surface area contributed by atoms with Crippen molar-refractivity contribution in [2.45, 2.75) is 19.8 Å². The highest BCUT2D eigenvalue weighted by molar-refractivity contribution is 7.80. The second-order valence-electron chi connectivity index (χ2n) is 3.54. The van der Waals surface area contributed by atoms with Crippen LogP contribution in [0.3, 0.4) is 0 Å². The standard InChI is InChI=1S/C10H18N4OS2/c1-3-9-12-10(17-13-9)14(6-7-15-2)5-4-8(11)16/h3-7H2,1-2H3,(H2,11,16). The van der Waals surface area contributed by atoms with Gasteiger partial charge < -0.3 is 15.4 Å². The first-order chi connectivity index (χ1) is 8.17. The number of aryl methyl sites for hydroxylation is 1. The average Bonchev–Trinajstić information content (AvgIpc) is 2.77. The van der Waals surface area contributed by atoms with Crippen molar-refractivity contribution in [1.29, 1.82) is 0 Å². The molecule has 0 aliphatic carbocycles. The van der Waals surface area contributed by atoms with Crippen molar-refractivity contribution >= 4 is 33.9 Å². The fraction of sp³-hybridized carbons (Fsp3) is 0.700.